The van der Waals surface area contributed by atoms with Gasteiger partial charge in [-0.1, -0.05) is 27.7 Å². The summed E-state index contributed by atoms with van der Waals surface area (Å²) in [6, 6.07) is 0. The van der Waals surface area contributed by atoms with Crippen LogP contribution in [0.5, 0.6) is 0 Å². The molecule has 0 spiro atoms. The molecule has 0 heterocycles. The van der Waals surface area contributed by atoms with Crippen molar-refractivity contribution < 1.29 is 36.9 Å². The average Bonchev–Trinajstić information content (AvgIpc) is 2.02. The fourth-order valence-electron chi connectivity index (χ4n) is 1.26. The first-order valence-corrected chi connectivity index (χ1v) is 5.02. The van der Waals surface area contributed by atoms with Crippen LogP contribution in [-0.2, 0) is 26.7 Å². The summed E-state index contributed by atoms with van der Waals surface area (Å²) in [6.07, 6.45) is 0.903. The molecule has 0 atom stereocenters. The largest absolute Gasteiger partial charge is 2.00 e. The molecule has 4 nitrogen and oxygen atoms in total. The molecule has 0 aliphatic rings. The van der Waals surface area contributed by atoms with Gasteiger partial charge in [0.05, 0.1) is 0 Å². The maximum atomic E-state index is 10.9. The van der Waals surface area contributed by atoms with Crippen LogP contribution >= 0.6 is 0 Å². The smallest absolute Gasteiger partial charge is 0.550 e. The van der Waals surface area contributed by atoms with Crippen molar-refractivity contribution in [2.45, 2.75) is 47.0 Å². The van der Waals surface area contributed by atoms with Crippen LogP contribution in [0.15, 0.2) is 0 Å². The molecule has 0 amide bonds. The topological polar surface area (TPSA) is 80.3 Å². The number of carbonyl (C=O) groups is 2. The van der Waals surface area contributed by atoms with Crippen LogP contribution in [0.2, 0.25) is 0 Å². The van der Waals surface area contributed by atoms with Crippen molar-refractivity contribution in [3.05, 3.63) is 0 Å². The summed E-state index contributed by atoms with van der Waals surface area (Å²) in [7, 11) is 0. The molecule has 0 aromatic rings. The van der Waals surface area contributed by atoms with Gasteiger partial charge in [0.2, 0.25) is 0 Å². The normalized spacial score (nSPS) is 11.8. The van der Waals surface area contributed by atoms with Crippen molar-refractivity contribution in [1.29, 1.82) is 0 Å². The van der Waals surface area contributed by atoms with Crippen LogP contribution in [-0.4, -0.2) is 11.9 Å². The predicted molar refractivity (Wildman–Crippen MR) is 51.4 cm³/mol. The Morgan fingerprint density at radius 1 is 1.06 bits per heavy atom. The second-order valence-electron chi connectivity index (χ2n) is 5.02. The summed E-state index contributed by atoms with van der Waals surface area (Å²) < 4.78 is 0. The molecule has 0 saturated carbocycles. The predicted octanol–water partition coefficient (Wildman–Crippen LogP) is -0.294. The van der Waals surface area contributed by atoms with E-state index in [1.54, 1.807) is 27.7 Å². The van der Waals surface area contributed by atoms with Gasteiger partial charge in [-0.2, -0.15) is 0 Å². The molecule has 0 rings (SSSR count). The van der Waals surface area contributed by atoms with Crippen molar-refractivity contribution in [3.8, 4) is 0 Å². The third-order valence-corrected chi connectivity index (χ3v) is 3.38. The maximum Gasteiger partial charge on any atom is 2.00 e. The van der Waals surface area contributed by atoms with Gasteiger partial charge in [0.15, 0.2) is 0 Å². The van der Waals surface area contributed by atoms with Gasteiger partial charge in [0.1, 0.15) is 0 Å². The van der Waals surface area contributed by atoms with Crippen LogP contribution in [0.4, 0.5) is 0 Å². The first-order valence-electron chi connectivity index (χ1n) is 5.02. The third-order valence-electron chi connectivity index (χ3n) is 3.38. The van der Waals surface area contributed by atoms with Gasteiger partial charge >= 0.3 is 17.1 Å². The van der Waals surface area contributed by atoms with Gasteiger partial charge in [0, 0.05) is 17.4 Å². The summed E-state index contributed by atoms with van der Waals surface area (Å²) in [6.45, 7) is 6.80. The van der Waals surface area contributed by atoms with Gasteiger partial charge in [0.25, 0.3) is 0 Å². The van der Waals surface area contributed by atoms with Crippen LogP contribution in [0.1, 0.15) is 47.0 Å². The molecular formula is C11H18FeO4. The monoisotopic (exact) mass is 270 g/mol. The fourth-order valence-corrected chi connectivity index (χ4v) is 1.26. The van der Waals surface area contributed by atoms with E-state index in [2.05, 4.69) is 0 Å². The fraction of sp³-hybridized carbons (Fsp3) is 0.818. The number of carbonyl (C=O) groups excluding carboxylic acids is 2. The number of carboxylic acid groups (broad SMARTS) is 2. The van der Waals surface area contributed by atoms with Crippen LogP contribution in [0, 0.1) is 10.8 Å². The molecule has 0 aromatic heterocycles. The quantitative estimate of drug-likeness (QED) is 0.621. The maximum absolute atomic E-state index is 10.9. The molecule has 0 fully saturated rings. The zero-order chi connectivity index (χ0) is 12.3. The van der Waals surface area contributed by atoms with Gasteiger partial charge in [-0.15, -0.1) is 0 Å². The van der Waals surface area contributed by atoms with E-state index in [9.17, 15) is 19.8 Å². The van der Waals surface area contributed by atoms with E-state index in [4.69, 9.17) is 0 Å². The Bertz CT molecular complexity index is 259. The van der Waals surface area contributed by atoms with Crippen molar-refractivity contribution in [1.82, 2.24) is 0 Å². The minimum Gasteiger partial charge on any atom is -0.550 e. The van der Waals surface area contributed by atoms with Gasteiger partial charge in [-0.25, -0.2) is 0 Å². The second kappa shape index (κ2) is 6.26. The van der Waals surface area contributed by atoms with E-state index < -0.39 is 22.8 Å². The molecule has 5 heteroatoms. The Morgan fingerprint density at radius 2 is 1.50 bits per heavy atom. The van der Waals surface area contributed by atoms with E-state index in [0.29, 0.717) is 12.8 Å². The molecule has 0 aromatic carbocycles. The summed E-state index contributed by atoms with van der Waals surface area (Å²) >= 11 is 0. The molecule has 0 aliphatic heterocycles. The van der Waals surface area contributed by atoms with Crippen molar-refractivity contribution in [3.63, 3.8) is 0 Å². The Morgan fingerprint density at radius 3 is 1.81 bits per heavy atom. The Hall–Kier alpha value is -0.541. The molecule has 0 radical (unpaired) electrons. The van der Waals surface area contributed by atoms with Crippen molar-refractivity contribution in [2.75, 3.05) is 0 Å². The Labute approximate surface area is 107 Å². The minimum absolute atomic E-state index is 0. The first kappa shape index (κ1) is 17.8. The summed E-state index contributed by atoms with van der Waals surface area (Å²) in [5, 5.41) is 21.2. The molecule has 94 valence electrons. The molecule has 0 N–H and O–H groups in total. The number of hydrogen-bond acceptors (Lipinski definition) is 4. The number of carboxylic acids is 2. The standard InChI is InChI=1S/C11H20O4.Fe/c1-10(2,7-5-6-8(12)13)11(3,4)9(14)15;/h5-7H2,1-4H3,(H,12,13)(H,14,15);/q;+2/p-2. The first-order chi connectivity index (χ1) is 6.61. The molecule has 0 aliphatic carbocycles. The van der Waals surface area contributed by atoms with E-state index in [0.717, 1.165) is 0 Å². The SMILES string of the molecule is CC(C)(CCCC(=O)[O-])C(C)(C)C(=O)[O-].[Fe+2]. The zero-order valence-electron chi connectivity index (χ0n) is 10.1. The molecule has 0 unspecified atom stereocenters. The van der Waals surface area contributed by atoms with Crippen molar-refractivity contribution in [2.24, 2.45) is 10.8 Å². The second-order valence-corrected chi connectivity index (χ2v) is 5.02. The average molecular weight is 270 g/mol. The summed E-state index contributed by atoms with van der Waals surface area (Å²) in [5.41, 5.74) is -1.47. The molecule has 0 saturated heterocycles. The van der Waals surface area contributed by atoms with Crippen LogP contribution in [0.3, 0.4) is 0 Å². The minimum atomic E-state index is -1.11. The number of rotatable bonds is 6. The number of aliphatic carboxylic acids is 2. The van der Waals surface area contributed by atoms with Crippen molar-refractivity contribution >= 4 is 11.9 Å². The van der Waals surface area contributed by atoms with Crippen LogP contribution < -0.4 is 10.2 Å². The number of hydrogen-bond donors (Lipinski definition) is 0. The summed E-state index contributed by atoms with van der Waals surface area (Å²) in [5.74, 6) is -2.21. The van der Waals surface area contributed by atoms with Gasteiger partial charge in [-0.05, 0) is 24.7 Å². The third kappa shape index (κ3) is 4.54. The van der Waals surface area contributed by atoms with Gasteiger partial charge < -0.3 is 19.8 Å². The Balaban J connectivity index is 0. The van der Waals surface area contributed by atoms with E-state index in [-0.39, 0.29) is 23.5 Å². The zero-order valence-corrected chi connectivity index (χ0v) is 11.2. The van der Waals surface area contributed by atoms with Crippen LogP contribution in [0.25, 0.3) is 0 Å². The molecule has 0 bridgehead atoms. The Kier molecular flexibility index (Phi) is 6.98. The molecular weight excluding hydrogens is 252 g/mol. The molecule has 16 heavy (non-hydrogen) atoms. The van der Waals surface area contributed by atoms with E-state index >= 15 is 0 Å². The van der Waals surface area contributed by atoms with Gasteiger partial charge in [-0.3, -0.25) is 0 Å². The van der Waals surface area contributed by atoms with E-state index in [1.807, 2.05) is 0 Å². The van der Waals surface area contributed by atoms with E-state index in [1.165, 1.54) is 0 Å². The summed E-state index contributed by atoms with van der Waals surface area (Å²) in [4.78, 5) is 21.2.